The second-order valence-electron chi connectivity index (χ2n) is 9.80. The monoisotopic (exact) mass is 560 g/mol. The van der Waals surface area contributed by atoms with E-state index < -0.39 is 6.04 Å². The Morgan fingerprint density at radius 3 is 2.17 bits per heavy atom. The van der Waals surface area contributed by atoms with Crippen LogP contribution in [0.4, 0.5) is 5.69 Å². The van der Waals surface area contributed by atoms with Gasteiger partial charge in [-0.25, -0.2) is 9.97 Å². The summed E-state index contributed by atoms with van der Waals surface area (Å²) in [5.74, 6) is 1.18. The van der Waals surface area contributed by atoms with Crippen molar-refractivity contribution in [1.82, 2.24) is 14.9 Å². The quantitative estimate of drug-likeness (QED) is 0.185. The van der Waals surface area contributed by atoms with Crippen LogP contribution in [-0.2, 0) is 16.1 Å². The fourth-order valence-corrected chi connectivity index (χ4v) is 5.68. The van der Waals surface area contributed by atoms with Gasteiger partial charge in [-0.05, 0) is 87.1 Å². The molecule has 3 aromatic rings. The third kappa shape index (κ3) is 7.85. The van der Waals surface area contributed by atoms with Crippen LogP contribution < -0.4 is 14.8 Å². The first-order valence-electron chi connectivity index (χ1n) is 13.3. The highest BCUT2D eigenvalue weighted by atomic mass is 32.2. The second kappa shape index (κ2) is 14.0. The number of carbonyl (C=O) groups excluding carboxylic acids is 2. The van der Waals surface area contributed by atoms with Crippen LogP contribution in [0, 0.1) is 19.8 Å². The molecule has 1 aliphatic carbocycles. The molecule has 0 saturated heterocycles. The van der Waals surface area contributed by atoms with Gasteiger partial charge in [0, 0.05) is 23.6 Å². The topological polar surface area (TPSA) is 93.7 Å². The summed E-state index contributed by atoms with van der Waals surface area (Å²) in [6.45, 7) is 4.11. The molecule has 2 atom stereocenters. The molecule has 1 N–H and O–H groups in total. The summed E-state index contributed by atoms with van der Waals surface area (Å²) in [4.78, 5) is 38.6. The van der Waals surface area contributed by atoms with Gasteiger partial charge >= 0.3 is 0 Å². The molecule has 0 radical (unpaired) electrons. The highest BCUT2D eigenvalue weighted by molar-refractivity contribution is 7.99. The highest BCUT2D eigenvalue weighted by Crippen LogP contribution is 2.29. The predicted octanol–water partition coefficient (Wildman–Crippen LogP) is 5.60. The summed E-state index contributed by atoms with van der Waals surface area (Å²) in [6.07, 6.45) is 6.65. The molecule has 0 aliphatic heterocycles. The third-order valence-corrected chi connectivity index (χ3v) is 7.67. The first kappa shape index (κ1) is 29.1. The van der Waals surface area contributed by atoms with E-state index in [1.54, 1.807) is 43.4 Å². The Kier molecular flexibility index (Phi) is 10.2. The minimum absolute atomic E-state index is 0.0205. The molecule has 2 amide bonds. The maximum absolute atomic E-state index is 14.0. The number of hydrogen-bond donors (Lipinski definition) is 1. The number of rotatable bonds is 11. The van der Waals surface area contributed by atoms with Crippen molar-refractivity contribution in [2.24, 2.45) is 5.92 Å². The van der Waals surface area contributed by atoms with Crippen LogP contribution in [-0.4, -0.2) is 52.7 Å². The highest BCUT2D eigenvalue weighted by Gasteiger charge is 2.36. The minimum Gasteiger partial charge on any atom is -0.497 e. The third-order valence-electron chi connectivity index (χ3n) is 6.84. The zero-order chi connectivity index (χ0) is 28.5. The number of benzene rings is 2. The van der Waals surface area contributed by atoms with Crippen molar-refractivity contribution in [3.05, 3.63) is 83.7 Å². The molecule has 1 aromatic heterocycles. The second-order valence-corrected chi connectivity index (χ2v) is 10.7. The number of anilines is 1. The van der Waals surface area contributed by atoms with Gasteiger partial charge in [0.05, 0.1) is 20.0 Å². The molecule has 2 unspecified atom stereocenters. The molecule has 9 heteroatoms. The van der Waals surface area contributed by atoms with E-state index in [4.69, 9.17) is 9.47 Å². The number of aromatic nitrogens is 2. The van der Waals surface area contributed by atoms with Crippen LogP contribution in [0.1, 0.15) is 36.2 Å². The Morgan fingerprint density at radius 1 is 0.975 bits per heavy atom. The number of ether oxygens (including phenoxy) is 2. The first-order valence-corrected chi connectivity index (χ1v) is 14.3. The molecule has 0 bridgehead atoms. The molecule has 0 fully saturated rings. The summed E-state index contributed by atoms with van der Waals surface area (Å²) in [6, 6.07) is 16.0. The van der Waals surface area contributed by atoms with Gasteiger partial charge in [0.1, 0.15) is 17.5 Å². The van der Waals surface area contributed by atoms with Gasteiger partial charge in [-0.2, -0.15) is 0 Å². The maximum atomic E-state index is 14.0. The lowest BCUT2D eigenvalue weighted by atomic mass is 9.86. The molecular formula is C31H36N4O4S. The molecule has 40 heavy (non-hydrogen) atoms. The Bertz CT molecular complexity index is 1310. The van der Waals surface area contributed by atoms with Crippen LogP contribution in [0.3, 0.4) is 0 Å². The molecule has 1 aliphatic rings. The summed E-state index contributed by atoms with van der Waals surface area (Å²) >= 11 is 1.29. The number of nitrogens with zero attached hydrogens (tertiary/aromatic N) is 3. The molecule has 0 spiro atoms. The summed E-state index contributed by atoms with van der Waals surface area (Å²) in [7, 11) is 3.22. The molecule has 4 rings (SSSR count). The summed E-state index contributed by atoms with van der Waals surface area (Å²) in [5, 5.41) is 3.61. The SMILES string of the molecule is COc1ccc(CN(C(=O)CSc2nc(C)cc(C)n2)C(C(=O)Nc2ccc(OC)cc2)C2CC=CCC2)cc1. The van der Waals surface area contributed by atoms with Crippen molar-refractivity contribution in [2.45, 2.75) is 50.9 Å². The van der Waals surface area contributed by atoms with Crippen LogP contribution in [0.2, 0.25) is 0 Å². The fourth-order valence-electron chi connectivity index (χ4n) is 4.84. The molecule has 2 aromatic carbocycles. The molecule has 0 saturated carbocycles. The van der Waals surface area contributed by atoms with Gasteiger partial charge in [0.25, 0.3) is 0 Å². The van der Waals surface area contributed by atoms with Crippen LogP contribution in [0.5, 0.6) is 11.5 Å². The van der Waals surface area contributed by atoms with Crippen molar-refractivity contribution in [2.75, 3.05) is 25.3 Å². The normalized spacial score (nSPS) is 15.2. The Morgan fingerprint density at radius 2 is 1.60 bits per heavy atom. The largest absolute Gasteiger partial charge is 0.497 e. The number of methoxy groups -OCH3 is 2. The average molecular weight is 561 g/mol. The number of allylic oxidation sites excluding steroid dienone is 2. The average Bonchev–Trinajstić information content (AvgIpc) is 2.96. The van der Waals surface area contributed by atoms with Crippen LogP contribution in [0.25, 0.3) is 0 Å². The van der Waals surface area contributed by atoms with Gasteiger partial charge < -0.3 is 19.7 Å². The molecule has 8 nitrogen and oxygen atoms in total. The Hall–Kier alpha value is -3.85. The number of hydrogen-bond acceptors (Lipinski definition) is 7. The van der Waals surface area contributed by atoms with Crippen molar-refractivity contribution < 1.29 is 19.1 Å². The van der Waals surface area contributed by atoms with E-state index >= 15 is 0 Å². The standard InChI is InChI=1S/C31H36N4O4S/c1-21-18-22(2)33-31(32-21)40-20-28(36)35(19-23-10-14-26(38-3)15-11-23)29(24-8-6-5-7-9-24)30(37)34-25-12-16-27(39-4)17-13-25/h5-6,10-18,24,29H,7-9,19-20H2,1-4H3,(H,34,37). The smallest absolute Gasteiger partial charge is 0.247 e. The van der Waals surface area contributed by atoms with Crippen LogP contribution in [0.15, 0.2) is 71.9 Å². The van der Waals surface area contributed by atoms with E-state index in [0.717, 1.165) is 42.0 Å². The number of nitrogens with one attached hydrogen (secondary N) is 1. The lowest BCUT2D eigenvalue weighted by Gasteiger charge is -2.37. The lowest BCUT2D eigenvalue weighted by Crippen LogP contribution is -2.51. The van der Waals surface area contributed by atoms with Gasteiger partial charge in [-0.15, -0.1) is 0 Å². The Labute approximate surface area is 240 Å². The molecule has 210 valence electrons. The zero-order valence-electron chi connectivity index (χ0n) is 23.4. The predicted molar refractivity (Wildman–Crippen MR) is 158 cm³/mol. The van der Waals surface area contributed by atoms with E-state index in [-0.39, 0.29) is 30.0 Å². The van der Waals surface area contributed by atoms with Crippen molar-refractivity contribution in [3.63, 3.8) is 0 Å². The number of amides is 2. The number of aryl methyl sites for hydroxylation is 2. The number of carbonyl (C=O) groups is 2. The van der Waals surface area contributed by atoms with Gasteiger partial charge in [-0.1, -0.05) is 36.0 Å². The Balaban J connectivity index is 1.64. The van der Waals surface area contributed by atoms with E-state index in [1.807, 2.05) is 44.2 Å². The fraction of sp³-hybridized carbons (Fsp3) is 0.355. The van der Waals surface area contributed by atoms with E-state index in [0.29, 0.717) is 16.6 Å². The zero-order valence-corrected chi connectivity index (χ0v) is 24.2. The summed E-state index contributed by atoms with van der Waals surface area (Å²) in [5.41, 5.74) is 3.26. The lowest BCUT2D eigenvalue weighted by molar-refractivity contribution is -0.139. The van der Waals surface area contributed by atoms with Crippen LogP contribution >= 0.6 is 11.8 Å². The maximum Gasteiger partial charge on any atom is 0.247 e. The van der Waals surface area contributed by atoms with Gasteiger partial charge in [0.15, 0.2) is 5.16 Å². The van der Waals surface area contributed by atoms with Gasteiger partial charge in [-0.3, -0.25) is 9.59 Å². The van der Waals surface area contributed by atoms with Gasteiger partial charge in [0.2, 0.25) is 11.8 Å². The van der Waals surface area contributed by atoms with Crippen molar-refractivity contribution in [3.8, 4) is 11.5 Å². The van der Waals surface area contributed by atoms with E-state index in [1.165, 1.54) is 11.8 Å². The van der Waals surface area contributed by atoms with E-state index in [2.05, 4.69) is 27.4 Å². The van der Waals surface area contributed by atoms with E-state index in [9.17, 15) is 9.59 Å². The molecule has 1 heterocycles. The number of thioether (sulfide) groups is 1. The summed E-state index contributed by atoms with van der Waals surface area (Å²) < 4.78 is 10.6. The minimum atomic E-state index is -0.664. The van der Waals surface area contributed by atoms with Crippen molar-refractivity contribution in [1.29, 1.82) is 0 Å². The first-order chi connectivity index (χ1) is 19.4. The molecular weight excluding hydrogens is 524 g/mol. The van der Waals surface area contributed by atoms with Crippen molar-refractivity contribution >= 4 is 29.3 Å².